The molecule has 3 heteroatoms. The summed E-state index contributed by atoms with van der Waals surface area (Å²) in [6, 6.07) is 0. The SMILES string of the molecule is NCC(O)CBr. The Kier molecular flexibility index (Phi) is 3.82. The summed E-state index contributed by atoms with van der Waals surface area (Å²) in [5, 5.41) is 9.07. The normalized spacial score (nSPS) is 14.5. The van der Waals surface area contributed by atoms with Gasteiger partial charge in [-0.1, -0.05) is 15.9 Å². The molecule has 0 aliphatic heterocycles. The van der Waals surface area contributed by atoms with Gasteiger partial charge in [0.1, 0.15) is 0 Å². The molecule has 0 saturated heterocycles. The number of halogens is 1. The van der Waals surface area contributed by atoms with Crippen LogP contribution in [0.3, 0.4) is 0 Å². The van der Waals surface area contributed by atoms with E-state index in [2.05, 4.69) is 15.9 Å². The number of rotatable bonds is 2. The summed E-state index contributed by atoms with van der Waals surface area (Å²) in [4.78, 5) is 0. The minimum atomic E-state index is -0.370. The van der Waals surface area contributed by atoms with E-state index in [0.29, 0.717) is 11.9 Å². The Morgan fingerprint density at radius 3 is 2.33 bits per heavy atom. The molecule has 2 nitrogen and oxygen atoms in total. The van der Waals surface area contributed by atoms with E-state index < -0.39 is 0 Å². The average molecular weight is 154 g/mol. The highest BCUT2D eigenvalue weighted by atomic mass is 79.9. The van der Waals surface area contributed by atoms with Gasteiger partial charge in [-0.3, -0.25) is 0 Å². The zero-order chi connectivity index (χ0) is 4.99. The van der Waals surface area contributed by atoms with Crippen molar-refractivity contribution in [2.24, 2.45) is 5.73 Å². The second kappa shape index (κ2) is 3.59. The zero-order valence-electron chi connectivity index (χ0n) is 3.39. The van der Waals surface area contributed by atoms with E-state index in [9.17, 15) is 0 Å². The maximum absolute atomic E-state index is 8.49. The first kappa shape index (κ1) is 6.40. The molecule has 0 amide bonds. The minimum absolute atomic E-state index is 0.339. The van der Waals surface area contributed by atoms with E-state index in [1.807, 2.05) is 0 Å². The van der Waals surface area contributed by atoms with Crippen LogP contribution in [0, 0.1) is 0 Å². The molecule has 0 aliphatic carbocycles. The first-order valence-corrected chi connectivity index (χ1v) is 2.87. The van der Waals surface area contributed by atoms with Gasteiger partial charge in [0.2, 0.25) is 0 Å². The van der Waals surface area contributed by atoms with Crippen LogP contribution in [-0.4, -0.2) is 23.1 Å². The smallest absolute Gasteiger partial charge is 0.0759 e. The number of hydrogen-bond donors (Lipinski definition) is 2. The lowest BCUT2D eigenvalue weighted by molar-refractivity contribution is 0.209. The van der Waals surface area contributed by atoms with Crippen LogP contribution in [0.15, 0.2) is 0 Å². The molecule has 38 valence electrons. The summed E-state index contributed by atoms with van der Waals surface area (Å²) >= 11 is 3.04. The third-order valence-corrected chi connectivity index (χ3v) is 1.20. The van der Waals surface area contributed by atoms with Crippen molar-refractivity contribution in [1.29, 1.82) is 0 Å². The first-order chi connectivity index (χ1) is 2.81. The fraction of sp³-hybridized carbons (Fsp3) is 1.00. The van der Waals surface area contributed by atoms with Crippen LogP contribution in [0.4, 0.5) is 0 Å². The minimum Gasteiger partial charge on any atom is -0.391 e. The molecule has 3 N–H and O–H groups in total. The van der Waals surface area contributed by atoms with Gasteiger partial charge in [0.25, 0.3) is 0 Å². The van der Waals surface area contributed by atoms with Crippen LogP contribution in [-0.2, 0) is 0 Å². The van der Waals surface area contributed by atoms with E-state index >= 15 is 0 Å². The summed E-state index contributed by atoms with van der Waals surface area (Å²) < 4.78 is 0. The highest BCUT2D eigenvalue weighted by molar-refractivity contribution is 9.09. The topological polar surface area (TPSA) is 46.2 Å². The summed E-state index contributed by atoms with van der Waals surface area (Å²) in [5.74, 6) is 0. The van der Waals surface area contributed by atoms with Crippen LogP contribution in [0.2, 0.25) is 0 Å². The van der Waals surface area contributed by atoms with Crippen molar-refractivity contribution in [3.63, 3.8) is 0 Å². The van der Waals surface area contributed by atoms with Crippen molar-refractivity contribution in [1.82, 2.24) is 0 Å². The lowest BCUT2D eigenvalue weighted by Crippen LogP contribution is -2.20. The second-order valence-corrected chi connectivity index (χ2v) is 1.69. The molecule has 0 saturated carbocycles. The van der Waals surface area contributed by atoms with Crippen molar-refractivity contribution in [2.45, 2.75) is 6.10 Å². The van der Waals surface area contributed by atoms with Crippen molar-refractivity contribution in [2.75, 3.05) is 11.9 Å². The van der Waals surface area contributed by atoms with Crippen LogP contribution < -0.4 is 5.73 Å². The highest BCUT2D eigenvalue weighted by Gasteiger charge is 1.92. The summed E-state index contributed by atoms with van der Waals surface area (Å²) in [6.07, 6.45) is -0.370. The Balaban J connectivity index is 2.75. The molecule has 0 radical (unpaired) electrons. The third kappa shape index (κ3) is 2.63. The molecule has 0 spiro atoms. The average Bonchev–Trinajstić information content (AvgIpc) is 1.65. The number of hydrogen-bond acceptors (Lipinski definition) is 2. The monoisotopic (exact) mass is 153 g/mol. The predicted octanol–water partition coefficient (Wildman–Crippen LogP) is -0.299. The number of nitrogens with two attached hydrogens (primary N) is 1. The Hall–Kier alpha value is 0.400. The largest absolute Gasteiger partial charge is 0.391 e. The standard InChI is InChI=1S/C3H8BrNO/c4-1-3(6)2-5/h3,6H,1-2,5H2. The second-order valence-electron chi connectivity index (χ2n) is 1.04. The Bertz CT molecular complexity index is 30.0. The maximum atomic E-state index is 8.49. The van der Waals surface area contributed by atoms with Crippen LogP contribution >= 0.6 is 15.9 Å². The van der Waals surface area contributed by atoms with Gasteiger partial charge in [-0.05, 0) is 0 Å². The van der Waals surface area contributed by atoms with Gasteiger partial charge in [0, 0.05) is 11.9 Å². The Morgan fingerprint density at radius 1 is 1.83 bits per heavy atom. The molecule has 0 aromatic rings. The quantitative estimate of drug-likeness (QED) is 0.536. The van der Waals surface area contributed by atoms with E-state index in [4.69, 9.17) is 10.8 Å². The van der Waals surface area contributed by atoms with Crippen molar-refractivity contribution >= 4 is 15.9 Å². The van der Waals surface area contributed by atoms with Crippen molar-refractivity contribution in [3.8, 4) is 0 Å². The molecule has 0 bridgehead atoms. The fourth-order valence-electron chi connectivity index (χ4n) is 0.0630. The fourth-order valence-corrected chi connectivity index (χ4v) is 0.327. The van der Waals surface area contributed by atoms with Crippen molar-refractivity contribution < 1.29 is 5.11 Å². The number of aliphatic hydroxyl groups excluding tert-OH is 1. The van der Waals surface area contributed by atoms with Crippen LogP contribution in [0.1, 0.15) is 0 Å². The highest BCUT2D eigenvalue weighted by Crippen LogP contribution is 1.84. The van der Waals surface area contributed by atoms with E-state index in [-0.39, 0.29) is 6.10 Å². The predicted molar refractivity (Wildman–Crippen MR) is 28.9 cm³/mol. The molecular weight excluding hydrogens is 146 g/mol. The summed E-state index contributed by atoms with van der Waals surface area (Å²) in [5.41, 5.74) is 5.00. The van der Waals surface area contributed by atoms with E-state index in [1.54, 1.807) is 0 Å². The van der Waals surface area contributed by atoms with Gasteiger partial charge in [-0.2, -0.15) is 0 Å². The molecular formula is C3H8BrNO. The molecule has 0 aliphatic rings. The third-order valence-electron chi connectivity index (χ3n) is 0.450. The summed E-state index contributed by atoms with van der Waals surface area (Å²) in [6.45, 7) is 0.339. The molecule has 0 heterocycles. The van der Waals surface area contributed by atoms with E-state index in [0.717, 1.165) is 0 Å². The van der Waals surface area contributed by atoms with Gasteiger partial charge in [0.05, 0.1) is 6.10 Å². The van der Waals surface area contributed by atoms with Crippen LogP contribution in [0.5, 0.6) is 0 Å². The number of alkyl halides is 1. The molecule has 0 rings (SSSR count). The molecule has 1 atom stereocenters. The van der Waals surface area contributed by atoms with Crippen molar-refractivity contribution in [3.05, 3.63) is 0 Å². The Labute approximate surface area is 45.5 Å². The van der Waals surface area contributed by atoms with Gasteiger partial charge in [-0.15, -0.1) is 0 Å². The zero-order valence-corrected chi connectivity index (χ0v) is 4.98. The lowest BCUT2D eigenvalue weighted by Gasteiger charge is -1.97. The van der Waals surface area contributed by atoms with Gasteiger partial charge in [-0.25, -0.2) is 0 Å². The molecule has 0 aromatic heterocycles. The van der Waals surface area contributed by atoms with E-state index in [1.165, 1.54) is 0 Å². The Morgan fingerprint density at radius 2 is 2.33 bits per heavy atom. The maximum Gasteiger partial charge on any atom is 0.0759 e. The van der Waals surface area contributed by atoms with Gasteiger partial charge in [0.15, 0.2) is 0 Å². The molecule has 0 aromatic carbocycles. The molecule has 0 fully saturated rings. The molecule has 1 unspecified atom stereocenters. The van der Waals surface area contributed by atoms with Gasteiger partial charge < -0.3 is 10.8 Å². The first-order valence-electron chi connectivity index (χ1n) is 1.75. The lowest BCUT2D eigenvalue weighted by atomic mass is 10.4. The molecule has 6 heavy (non-hydrogen) atoms. The van der Waals surface area contributed by atoms with Gasteiger partial charge >= 0.3 is 0 Å². The van der Waals surface area contributed by atoms with Crippen LogP contribution in [0.25, 0.3) is 0 Å². The summed E-state index contributed by atoms with van der Waals surface area (Å²) in [7, 11) is 0. The number of aliphatic hydroxyl groups is 1.